The molecule has 0 aliphatic heterocycles. The fourth-order valence-electron chi connectivity index (χ4n) is 0. The van der Waals surface area contributed by atoms with E-state index in [1.807, 2.05) is 0 Å². The molecule has 0 aromatic carbocycles. The van der Waals surface area contributed by atoms with Crippen LogP contribution in [0, 0.1) is 0 Å². The quantitative estimate of drug-likeness (QED) is 0.353. The first kappa shape index (κ1) is 99.8. The Labute approximate surface area is 110 Å². The Morgan fingerprint density at radius 3 is 0.571 bits per heavy atom. The standard InChI is InChI=1S/Al.K.4H2O.Ti/h;;4*1H2;/q+3;+1;;;;;/p-4. The summed E-state index contributed by atoms with van der Waals surface area (Å²) in [5.74, 6) is 0. The predicted octanol–water partition coefficient (Wildman–Crippen LogP) is -4.09. The molecule has 0 aromatic heterocycles. The van der Waals surface area contributed by atoms with Crippen LogP contribution in [0.4, 0.5) is 0 Å². The van der Waals surface area contributed by atoms with Gasteiger partial charge in [0.1, 0.15) is 0 Å². The van der Waals surface area contributed by atoms with Crippen LogP contribution in [-0.4, -0.2) is 39.3 Å². The molecule has 0 atom stereocenters. The second-order valence-corrected chi connectivity index (χ2v) is 0. The second-order valence-electron chi connectivity index (χ2n) is 0. The summed E-state index contributed by atoms with van der Waals surface area (Å²) in [5.41, 5.74) is 0. The first-order chi connectivity index (χ1) is 0. The third-order valence-corrected chi connectivity index (χ3v) is 0. The molecule has 0 rings (SSSR count). The average Bonchev–Trinajstić information content (AvgIpc) is 0. The van der Waals surface area contributed by atoms with Gasteiger partial charge in [-0.3, -0.25) is 0 Å². The van der Waals surface area contributed by atoms with E-state index in [1.54, 1.807) is 0 Å². The van der Waals surface area contributed by atoms with Gasteiger partial charge in [0.05, 0.1) is 0 Å². The van der Waals surface area contributed by atoms with Gasteiger partial charge in [-0.1, -0.05) is 0 Å². The Morgan fingerprint density at radius 2 is 0.571 bits per heavy atom. The van der Waals surface area contributed by atoms with Crippen LogP contribution in [0.25, 0.3) is 0 Å². The Kier molecular flexibility index (Phi) is 1000. The number of rotatable bonds is 0. The zero-order valence-corrected chi connectivity index (χ0v) is 9.71. The van der Waals surface area contributed by atoms with Gasteiger partial charge in [0.15, 0.2) is 0 Å². The molecule has 7 heteroatoms. The van der Waals surface area contributed by atoms with Gasteiger partial charge < -0.3 is 21.9 Å². The Bertz CT molecular complexity index is 11.7. The SMILES string of the molecule is [Al+3].[K+].[OH-].[OH-].[OH-].[OH-].[Ti]. The van der Waals surface area contributed by atoms with Crippen LogP contribution >= 0.6 is 0 Å². The molecular formula is H4AlKO4Ti. The topological polar surface area (TPSA) is 120 Å². The third kappa shape index (κ3) is 53.2. The van der Waals surface area contributed by atoms with E-state index in [0.717, 1.165) is 0 Å². The Hall–Kier alpha value is 2.72. The zero-order valence-electron chi connectivity index (χ0n) is 3.87. The minimum atomic E-state index is 0. The van der Waals surface area contributed by atoms with Crippen LogP contribution in [0.1, 0.15) is 0 Å². The molecule has 0 unspecified atom stereocenters. The molecule has 0 saturated carbocycles. The van der Waals surface area contributed by atoms with Gasteiger partial charge >= 0.3 is 68.7 Å². The summed E-state index contributed by atoms with van der Waals surface area (Å²) in [6.07, 6.45) is 0. The summed E-state index contributed by atoms with van der Waals surface area (Å²) in [6, 6.07) is 0. The molecule has 0 amide bonds. The van der Waals surface area contributed by atoms with Crippen LogP contribution in [0.15, 0.2) is 0 Å². The van der Waals surface area contributed by atoms with Crippen molar-refractivity contribution in [3.8, 4) is 0 Å². The Morgan fingerprint density at radius 1 is 0.571 bits per heavy atom. The van der Waals surface area contributed by atoms with Crippen LogP contribution in [0.2, 0.25) is 0 Å². The van der Waals surface area contributed by atoms with Gasteiger partial charge in [-0.2, -0.15) is 0 Å². The van der Waals surface area contributed by atoms with Gasteiger partial charge in [0.25, 0.3) is 0 Å². The fraction of sp³-hybridized carbons (Fsp3) is 0. The summed E-state index contributed by atoms with van der Waals surface area (Å²) in [4.78, 5) is 0. The van der Waals surface area contributed by atoms with Crippen molar-refractivity contribution in [1.29, 1.82) is 0 Å². The monoisotopic (exact) mass is 182 g/mol. The van der Waals surface area contributed by atoms with E-state index >= 15 is 0 Å². The zero-order chi connectivity index (χ0) is 0. The molecule has 0 aliphatic carbocycles. The van der Waals surface area contributed by atoms with Gasteiger partial charge in [-0.25, -0.2) is 0 Å². The molecule has 36 valence electrons. The molecule has 0 aliphatic rings. The van der Waals surface area contributed by atoms with E-state index in [4.69, 9.17) is 0 Å². The number of hydrogen-bond acceptors (Lipinski definition) is 4. The van der Waals surface area contributed by atoms with E-state index in [2.05, 4.69) is 0 Å². The van der Waals surface area contributed by atoms with Crippen LogP contribution in [-0.2, 0) is 21.7 Å². The molecule has 0 bridgehead atoms. The fourth-order valence-corrected chi connectivity index (χ4v) is 0. The van der Waals surface area contributed by atoms with Crippen molar-refractivity contribution in [1.82, 2.24) is 0 Å². The second kappa shape index (κ2) is 70.2. The van der Waals surface area contributed by atoms with Crippen LogP contribution < -0.4 is 51.4 Å². The first-order valence-electron chi connectivity index (χ1n) is 0. The molecule has 0 fully saturated rings. The Balaban J connectivity index is 0. The maximum Gasteiger partial charge on any atom is 3.00 e. The van der Waals surface area contributed by atoms with Crippen molar-refractivity contribution in [2.24, 2.45) is 0 Å². The van der Waals surface area contributed by atoms with Gasteiger partial charge in [-0.05, 0) is 0 Å². The molecule has 0 aromatic rings. The van der Waals surface area contributed by atoms with Crippen molar-refractivity contribution in [2.75, 3.05) is 0 Å². The predicted molar refractivity (Wildman–Crippen MR) is 13.5 cm³/mol. The molecule has 7 heavy (non-hydrogen) atoms. The average molecular weight is 182 g/mol. The molecular weight excluding hydrogens is 178 g/mol. The molecule has 0 radical (unpaired) electrons. The van der Waals surface area contributed by atoms with Crippen molar-refractivity contribution < 1.29 is 95.0 Å². The summed E-state index contributed by atoms with van der Waals surface area (Å²) in [7, 11) is 0. The normalized spacial score (nSPS) is 0. The minimum absolute atomic E-state index is 0. The van der Waals surface area contributed by atoms with Gasteiger partial charge in [-0.15, -0.1) is 0 Å². The molecule has 4 nitrogen and oxygen atoms in total. The van der Waals surface area contributed by atoms with Gasteiger partial charge in [0.2, 0.25) is 0 Å². The third-order valence-electron chi connectivity index (χ3n) is 0. The van der Waals surface area contributed by atoms with E-state index in [9.17, 15) is 0 Å². The molecule has 0 saturated heterocycles. The first-order valence-corrected chi connectivity index (χ1v) is 0. The smallest absolute Gasteiger partial charge is 0.870 e. The van der Waals surface area contributed by atoms with Crippen LogP contribution in [0.3, 0.4) is 0 Å². The minimum Gasteiger partial charge on any atom is -0.870 e. The summed E-state index contributed by atoms with van der Waals surface area (Å²) in [6.45, 7) is 0. The van der Waals surface area contributed by atoms with E-state index in [-0.39, 0.29) is 112 Å². The molecule has 0 spiro atoms. The molecule has 0 heterocycles. The van der Waals surface area contributed by atoms with E-state index < -0.39 is 0 Å². The maximum absolute atomic E-state index is 0. The van der Waals surface area contributed by atoms with Crippen molar-refractivity contribution in [3.63, 3.8) is 0 Å². The molecule has 4 N–H and O–H groups in total. The van der Waals surface area contributed by atoms with Crippen LogP contribution in [0.5, 0.6) is 0 Å². The summed E-state index contributed by atoms with van der Waals surface area (Å²) in [5, 5.41) is 0. The summed E-state index contributed by atoms with van der Waals surface area (Å²) < 4.78 is 0. The summed E-state index contributed by atoms with van der Waals surface area (Å²) >= 11 is 0. The largest absolute Gasteiger partial charge is 3.00 e. The van der Waals surface area contributed by atoms with Crippen molar-refractivity contribution in [3.05, 3.63) is 0 Å². The van der Waals surface area contributed by atoms with E-state index in [1.165, 1.54) is 0 Å². The number of hydrogen-bond donors (Lipinski definition) is 0. The van der Waals surface area contributed by atoms with Crippen molar-refractivity contribution >= 4 is 17.4 Å². The maximum atomic E-state index is 0. The van der Waals surface area contributed by atoms with Gasteiger partial charge in [0, 0.05) is 21.7 Å². The van der Waals surface area contributed by atoms with E-state index in [0.29, 0.717) is 0 Å². The van der Waals surface area contributed by atoms with Crippen molar-refractivity contribution in [2.45, 2.75) is 0 Å².